The van der Waals surface area contributed by atoms with Gasteiger partial charge in [0.05, 0.1) is 6.54 Å². The van der Waals surface area contributed by atoms with Gasteiger partial charge in [0, 0.05) is 6.42 Å². The molecular weight excluding hydrogens is 106 g/mol. The lowest BCUT2D eigenvalue weighted by Crippen LogP contribution is -2.20. The topological polar surface area (TPSA) is 46.2 Å². The van der Waals surface area contributed by atoms with Crippen molar-refractivity contribution in [2.45, 2.75) is 13.3 Å². The molecule has 0 unspecified atom stereocenters. The van der Waals surface area contributed by atoms with Crippen molar-refractivity contribution in [3.05, 3.63) is 0 Å². The summed E-state index contributed by atoms with van der Waals surface area (Å²) in [5.41, 5.74) is 0. The van der Waals surface area contributed by atoms with E-state index in [0.29, 0.717) is 6.42 Å². The molecule has 1 radical (unpaired) electrons. The molecule has 0 aliphatic rings. The minimum Gasteiger partial charge on any atom is -0.341 e. The van der Waals surface area contributed by atoms with Gasteiger partial charge in [-0.2, -0.15) is 0 Å². The maximum atomic E-state index is 10.3. The summed E-state index contributed by atoms with van der Waals surface area (Å²) in [4.78, 5) is 19.8. The largest absolute Gasteiger partial charge is 0.341 e. The predicted molar refractivity (Wildman–Crippen MR) is 29.0 cm³/mol. The van der Waals surface area contributed by atoms with Crippen molar-refractivity contribution >= 4 is 12.2 Å². The Morgan fingerprint density at radius 2 is 2.38 bits per heavy atom. The summed E-state index contributed by atoms with van der Waals surface area (Å²) in [7, 11) is 0. The summed E-state index contributed by atoms with van der Waals surface area (Å²) in [5.74, 6) is 0.0216. The first kappa shape index (κ1) is 7.14. The van der Waals surface area contributed by atoms with Crippen molar-refractivity contribution in [3.63, 3.8) is 0 Å². The van der Waals surface area contributed by atoms with Gasteiger partial charge in [0.25, 0.3) is 0 Å². The summed E-state index contributed by atoms with van der Waals surface area (Å²) in [6.07, 6.45) is 1.88. The molecule has 0 fully saturated rings. The Kier molecular flexibility index (Phi) is 3.84. The molecule has 0 spiro atoms. The number of hydrogen-bond donors (Lipinski definition) is 1. The van der Waals surface area contributed by atoms with E-state index in [4.69, 9.17) is 0 Å². The van der Waals surface area contributed by atoms with Crippen LogP contribution in [0.15, 0.2) is 0 Å². The number of hydrogen-bond acceptors (Lipinski definition) is 2. The zero-order valence-electron chi connectivity index (χ0n) is 4.73. The molecule has 1 amide bonds. The maximum absolute atomic E-state index is 10.3. The van der Waals surface area contributed by atoms with Crippen LogP contribution in [0.2, 0.25) is 0 Å². The summed E-state index contributed by atoms with van der Waals surface area (Å²) in [6, 6.07) is 0. The van der Waals surface area contributed by atoms with Crippen LogP contribution >= 0.6 is 0 Å². The van der Waals surface area contributed by atoms with Crippen LogP contribution < -0.4 is 5.32 Å². The first-order chi connectivity index (χ1) is 3.81. The summed E-state index contributed by atoms with van der Waals surface area (Å²) in [6.45, 7) is 1.86. The van der Waals surface area contributed by atoms with Crippen molar-refractivity contribution < 1.29 is 9.59 Å². The maximum Gasteiger partial charge on any atom is 0.309 e. The molecule has 0 bridgehead atoms. The second-order valence-corrected chi connectivity index (χ2v) is 1.35. The second-order valence-electron chi connectivity index (χ2n) is 1.35. The van der Waals surface area contributed by atoms with E-state index in [1.54, 1.807) is 6.92 Å². The molecule has 0 aromatic carbocycles. The number of rotatable bonds is 4. The Labute approximate surface area is 48.1 Å². The van der Waals surface area contributed by atoms with Crippen LogP contribution in [-0.4, -0.2) is 18.7 Å². The molecule has 1 N–H and O–H groups in total. The number of Topliss-reactive ketones (excluding diaryl/α,β-unsaturated/α-hetero) is 1. The molecule has 0 saturated carbocycles. The monoisotopic (exact) mass is 114 g/mol. The number of carbonyl (C=O) groups excluding carboxylic acids is 2. The highest BCUT2D eigenvalue weighted by atomic mass is 16.1. The molecular formula is C5H8NO2. The van der Waals surface area contributed by atoms with E-state index in [0.717, 1.165) is 0 Å². The minimum absolute atomic E-state index is 0.0216. The first-order valence-corrected chi connectivity index (χ1v) is 2.43. The fraction of sp³-hybridized carbons (Fsp3) is 0.600. The summed E-state index contributed by atoms with van der Waals surface area (Å²) >= 11 is 0. The third kappa shape index (κ3) is 3.33. The third-order valence-electron chi connectivity index (χ3n) is 0.752. The molecule has 3 nitrogen and oxygen atoms in total. The second kappa shape index (κ2) is 4.30. The normalized spacial score (nSPS) is 8.12. The molecule has 45 valence electrons. The fourth-order valence-corrected chi connectivity index (χ4v) is 0.260. The number of carbonyl (C=O) groups is 1. The van der Waals surface area contributed by atoms with Crippen molar-refractivity contribution in [1.82, 2.24) is 5.32 Å². The average molecular weight is 114 g/mol. The molecule has 0 aliphatic carbocycles. The van der Waals surface area contributed by atoms with Gasteiger partial charge >= 0.3 is 6.41 Å². The smallest absolute Gasteiger partial charge is 0.309 e. The lowest BCUT2D eigenvalue weighted by molar-refractivity contribution is -0.117. The quantitative estimate of drug-likeness (QED) is 0.506. The van der Waals surface area contributed by atoms with Gasteiger partial charge in [-0.05, 0) is 0 Å². The van der Waals surface area contributed by atoms with E-state index in [1.807, 2.05) is 0 Å². The molecule has 0 aromatic rings. The van der Waals surface area contributed by atoms with E-state index in [2.05, 4.69) is 5.32 Å². The highest BCUT2D eigenvalue weighted by molar-refractivity contribution is 5.81. The van der Waals surface area contributed by atoms with Crippen LogP contribution in [-0.2, 0) is 9.59 Å². The lowest BCUT2D eigenvalue weighted by Gasteiger charge is -1.90. The van der Waals surface area contributed by atoms with Crippen LogP contribution in [0.25, 0.3) is 0 Å². The average Bonchev–Trinajstić information content (AvgIpc) is 1.83. The Hall–Kier alpha value is -0.860. The molecule has 0 atom stereocenters. The number of amides is 1. The zero-order valence-corrected chi connectivity index (χ0v) is 4.73. The molecule has 0 aliphatic heterocycles. The standard InChI is InChI=1S/C5H8NO2/c1-2-5(8)3-6-4-7/h2-3H2,1H3,(H,6,7). The lowest BCUT2D eigenvalue weighted by atomic mass is 10.3. The van der Waals surface area contributed by atoms with Crippen molar-refractivity contribution in [2.24, 2.45) is 0 Å². The predicted octanol–water partition coefficient (Wildman–Crippen LogP) is -0.378. The molecule has 3 heteroatoms. The molecule has 0 saturated heterocycles. The van der Waals surface area contributed by atoms with Crippen LogP contribution in [0.5, 0.6) is 0 Å². The Morgan fingerprint density at radius 1 is 1.75 bits per heavy atom. The van der Waals surface area contributed by atoms with Crippen molar-refractivity contribution in [2.75, 3.05) is 6.54 Å². The van der Waals surface area contributed by atoms with Gasteiger partial charge in [-0.15, -0.1) is 0 Å². The van der Waals surface area contributed by atoms with Crippen molar-refractivity contribution in [3.8, 4) is 0 Å². The van der Waals surface area contributed by atoms with Gasteiger partial charge in [0.2, 0.25) is 0 Å². The number of ketones is 1. The SMILES string of the molecule is CCC(=O)CN[C]=O. The Morgan fingerprint density at radius 3 is 2.75 bits per heavy atom. The van der Waals surface area contributed by atoms with E-state index < -0.39 is 0 Å². The Balaban J connectivity index is 3.11. The van der Waals surface area contributed by atoms with E-state index in [1.165, 1.54) is 6.41 Å². The third-order valence-corrected chi connectivity index (χ3v) is 0.752. The molecule has 8 heavy (non-hydrogen) atoms. The van der Waals surface area contributed by atoms with Gasteiger partial charge in [0.1, 0.15) is 0 Å². The molecule has 0 aromatic heterocycles. The zero-order chi connectivity index (χ0) is 6.41. The highest BCUT2D eigenvalue weighted by Crippen LogP contribution is 1.74. The molecule has 0 heterocycles. The van der Waals surface area contributed by atoms with Crippen LogP contribution in [0.1, 0.15) is 13.3 Å². The van der Waals surface area contributed by atoms with Gasteiger partial charge in [-0.25, -0.2) is 0 Å². The van der Waals surface area contributed by atoms with Gasteiger partial charge in [0.15, 0.2) is 5.78 Å². The first-order valence-electron chi connectivity index (χ1n) is 2.43. The van der Waals surface area contributed by atoms with Crippen LogP contribution in [0.4, 0.5) is 0 Å². The minimum atomic E-state index is 0.0216. The Bertz CT molecular complexity index is 90.4. The van der Waals surface area contributed by atoms with Gasteiger partial charge in [-0.3, -0.25) is 9.59 Å². The molecule has 0 rings (SSSR count). The van der Waals surface area contributed by atoms with Crippen molar-refractivity contribution in [1.29, 1.82) is 0 Å². The van der Waals surface area contributed by atoms with E-state index in [-0.39, 0.29) is 12.3 Å². The van der Waals surface area contributed by atoms with Crippen LogP contribution in [0, 0.1) is 0 Å². The summed E-state index contributed by atoms with van der Waals surface area (Å²) in [5, 5.41) is 2.14. The summed E-state index contributed by atoms with van der Waals surface area (Å²) < 4.78 is 0. The van der Waals surface area contributed by atoms with Gasteiger partial charge in [-0.1, -0.05) is 6.92 Å². The fourth-order valence-electron chi connectivity index (χ4n) is 0.260. The van der Waals surface area contributed by atoms with Gasteiger partial charge < -0.3 is 5.32 Å². The van der Waals surface area contributed by atoms with Crippen LogP contribution in [0.3, 0.4) is 0 Å². The van der Waals surface area contributed by atoms with E-state index >= 15 is 0 Å². The number of nitrogens with one attached hydrogen (secondary N) is 1. The highest BCUT2D eigenvalue weighted by Gasteiger charge is 1.93. The van der Waals surface area contributed by atoms with E-state index in [9.17, 15) is 9.59 Å².